The van der Waals surface area contributed by atoms with Crippen LogP contribution in [-0.2, 0) is 16.0 Å². The summed E-state index contributed by atoms with van der Waals surface area (Å²) < 4.78 is 21.6. The molecule has 182 valence electrons. The molecule has 3 heterocycles. The summed E-state index contributed by atoms with van der Waals surface area (Å²) in [7, 11) is 1.33. The number of aromatic amines is 1. The van der Waals surface area contributed by atoms with Gasteiger partial charge in [-0.1, -0.05) is 12.1 Å². The zero-order chi connectivity index (χ0) is 24.4. The van der Waals surface area contributed by atoms with Crippen LogP contribution < -0.4 is 20.3 Å². The Labute approximate surface area is 206 Å². The maximum absolute atomic E-state index is 13.0. The Bertz CT molecular complexity index is 1330. The molecule has 10 heteroatoms. The minimum Gasteiger partial charge on any atom is -0.465 e. The third kappa shape index (κ3) is 4.94. The van der Waals surface area contributed by atoms with Crippen molar-refractivity contribution in [2.75, 3.05) is 32.4 Å². The van der Waals surface area contributed by atoms with Crippen LogP contribution in [0.25, 0.3) is 10.9 Å². The van der Waals surface area contributed by atoms with E-state index in [1.54, 1.807) is 30.3 Å². The van der Waals surface area contributed by atoms with Crippen molar-refractivity contribution < 1.29 is 23.7 Å². The van der Waals surface area contributed by atoms with Crippen molar-refractivity contribution in [2.45, 2.75) is 25.5 Å². The van der Waals surface area contributed by atoms with Crippen molar-refractivity contribution in [1.82, 2.24) is 9.88 Å². The lowest BCUT2D eigenvalue weighted by atomic mass is 10.1. The number of ether oxygens (including phenoxy) is 4. The van der Waals surface area contributed by atoms with Gasteiger partial charge in [0.05, 0.1) is 36.5 Å². The number of fused-ring (bicyclic) bond motifs is 2. The third-order valence-electron chi connectivity index (χ3n) is 6.08. The maximum Gasteiger partial charge on any atom is 0.339 e. The first kappa shape index (κ1) is 23.1. The number of methoxy groups -OCH3 is 1. The zero-order valence-corrected chi connectivity index (χ0v) is 20.0. The van der Waals surface area contributed by atoms with E-state index in [-0.39, 0.29) is 25.0 Å². The highest BCUT2D eigenvalue weighted by atomic mass is 32.1. The molecular formula is C25H25N3O6S. The van der Waals surface area contributed by atoms with E-state index in [4.69, 9.17) is 31.2 Å². The Morgan fingerprint density at radius 2 is 2.03 bits per heavy atom. The van der Waals surface area contributed by atoms with E-state index in [9.17, 15) is 9.59 Å². The summed E-state index contributed by atoms with van der Waals surface area (Å²) in [4.78, 5) is 30.0. The number of hydrogen-bond acceptors (Lipinski definition) is 7. The smallest absolute Gasteiger partial charge is 0.339 e. The van der Waals surface area contributed by atoms with Gasteiger partial charge in [0.25, 0.3) is 5.56 Å². The van der Waals surface area contributed by atoms with Crippen LogP contribution in [0.15, 0.2) is 47.3 Å². The molecule has 0 aliphatic carbocycles. The van der Waals surface area contributed by atoms with E-state index in [1.165, 1.54) is 7.11 Å². The van der Waals surface area contributed by atoms with E-state index in [1.807, 2.05) is 17.0 Å². The highest BCUT2D eigenvalue weighted by molar-refractivity contribution is 7.80. The van der Waals surface area contributed by atoms with Crippen molar-refractivity contribution in [3.05, 3.63) is 63.9 Å². The molecule has 0 unspecified atom stereocenters. The van der Waals surface area contributed by atoms with E-state index < -0.39 is 5.97 Å². The van der Waals surface area contributed by atoms with Crippen LogP contribution in [0.2, 0.25) is 0 Å². The minimum absolute atomic E-state index is 0.000966. The fourth-order valence-electron chi connectivity index (χ4n) is 4.29. The standard InChI is InChI=1S/C25H25N3O6S/c1-31-24(30)18-6-2-3-7-19(18)27-25(35)28(13-17-5-4-8-32-17)12-16-9-15-10-21-22(34-14-33-21)11-20(15)26-23(16)29/h2-3,6-7,9-11,17H,4-5,8,12-14H2,1H3,(H,26,29)(H,27,35)/t17-/m1/s1. The number of nitrogens with zero attached hydrogens (tertiary/aromatic N) is 1. The van der Waals surface area contributed by atoms with Crippen LogP contribution in [0, 0.1) is 0 Å². The average Bonchev–Trinajstić information content (AvgIpc) is 3.54. The van der Waals surface area contributed by atoms with Gasteiger partial charge in [0, 0.05) is 30.2 Å². The molecule has 1 saturated heterocycles. The van der Waals surface area contributed by atoms with Gasteiger partial charge < -0.3 is 34.1 Å². The normalized spacial score (nSPS) is 16.3. The Morgan fingerprint density at radius 1 is 1.23 bits per heavy atom. The summed E-state index contributed by atoms with van der Waals surface area (Å²) >= 11 is 5.74. The number of aromatic nitrogens is 1. The second kappa shape index (κ2) is 9.93. The number of benzene rings is 2. The maximum atomic E-state index is 13.0. The predicted octanol–water partition coefficient (Wildman–Crippen LogP) is 3.42. The van der Waals surface area contributed by atoms with Gasteiger partial charge >= 0.3 is 5.97 Å². The summed E-state index contributed by atoms with van der Waals surface area (Å²) in [5.74, 6) is 0.783. The highest BCUT2D eigenvalue weighted by Crippen LogP contribution is 2.35. The molecule has 2 aliphatic rings. The summed E-state index contributed by atoms with van der Waals surface area (Å²) in [5, 5.41) is 4.37. The quantitative estimate of drug-likeness (QED) is 0.393. The third-order valence-corrected chi connectivity index (χ3v) is 6.44. The average molecular weight is 496 g/mol. The number of nitrogens with one attached hydrogen (secondary N) is 2. The highest BCUT2D eigenvalue weighted by Gasteiger charge is 2.24. The molecule has 1 fully saturated rings. The van der Waals surface area contributed by atoms with Crippen molar-refractivity contribution in [1.29, 1.82) is 0 Å². The first-order valence-corrected chi connectivity index (χ1v) is 11.7. The topological polar surface area (TPSA) is 102 Å². The number of hydrogen-bond donors (Lipinski definition) is 2. The van der Waals surface area contributed by atoms with E-state index in [0.717, 1.165) is 18.2 Å². The van der Waals surface area contributed by atoms with Crippen LogP contribution in [0.1, 0.15) is 28.8 Å². The molecule has 0 radical (unpaired) electrons. The molecule has 0 bridgehead atoms. The molecule has 1 atom stereocenters. The van der Waals surface area contributed by atoms with Crippen LogP contribution in [0.5, 0.6) is 11.5 Å². The molecule has 0 spiro atoms. The van der Waals surface area contributed by atoms with Crippen molar-refractivity contribution in [3.63, 3.8) is 0 Å². The first-order valence-electron chi connectivity index (χ1n) is 11.3. The molecule has 0 saturated carbocycles. The van der Waals surface area contributed by atoms with Gasteiger partial charge in [-0.3, -0.25) is 4.79 Å². The lowest BCUT2D eigenvalue weighted by molar-refractivity contribution is 0.0601. The largest absolute Gasteiger partial charge is 0.465 e. The van der Waals surface area contributed by atoms with Crippen LogP contribution in [0.4, 0.5) is 5.69 Å². The lowest BCUT2D eigenvalue weighted by Gasteiger charge is -2.28. The second-order valence-electron chi connectivity index (χ2n) is 8.40. The SMILES string of the molecule is COC(=O)c1ccccc1NC(=S)N(Cc1cc2cc3c(cc2[nH]c1=O)OCO3)C[C@H]1CCCO1. The van der Waals surface area contributed by atoms with Gasteiger partial charge in [-0.05, 0) is 49.3 Å². The van der Waals surface area contributed by atoms with Gasteiger partial charge in [-0.15, -0.1) is 0 Å². The number of anilines is 1. The van der Waals surface area contributed by atoms with Crippen LogP contribution in [-0.4, -0.2) is 54.1 Å². The van der Waals surface area contributed by atoms with E-state index in [2.05, 4.69) is 10.3 Å². The number of esters is 1. The predicted molar refractivity (Wildman–Crippen MR) is 134 cm³/mol. The van der Waals surface area contributed by atoms with Crippen molar-refractivity contribution in [2.24, 2.45) is 0 Å². The molecule has 9 nitrogen and oxygen atoms in total. The molecule has 0 amide bonds. The number of pyridine rings is 1. The van der Waals surface area contributed by atoms with Gasteiger partial charge in [0.15, 0.2) is 16.6 Å². The second-order valence-corrected chi connectivity index (χ2v) is 8.79. The molecule has 2 aromatic carbocycles. The monoisotopic (exact) mass is 495 g/mol. The lowest BCUT2D eigenvalue weighted by Crippen LogP contribution is -2.40. The number of H-pyrrole nitrogens is 1. The van der Waals surface area contributed by atoms with Gasteiger partial charge in [0.1, 0.15) is 0 Å². The molecular weight excluding hydrogens is 470 g/mol. The fourth-order valence-corrected chi connectivity index (χ4v) is 4.54. The number of rotatable bonds is 6. The zero-order valence-electron chi connectivity index (χ0n) is 19.2. The van der Waals surface area contributed by atoms with Gasteiger partial charge in [-0.2, -0.15) is 0 Å². The van der Waals surface area contributed by atoms with Crippen LogP contribution >= 0.6 is 12.2 Å². The molecule has 3 aromatic rings. The van der Waals surface area contributed by atoms with Gasteiger partial charge in [0.2, 0.25) is 6.79 Å². The van der Waals surface area contributed by atoms with Crippen molar-refractivity contribution in [3.8, 4) is 11.5 Å². The molecule has 35 heavy (non-hydrogen) atoms. The molecule has 5 rings (SSSR count). The van der Waals surface area contributed by atoms with Crippen molar-refractivity contribution >= 4 is 39.9 Å². The Hall–Kier alpha value is -3.63. The summed E-state index contributed by atoms with van der Waals surface area (Å²) in [6.45, 7) is 1.62. The van der Waals surface area contributed by atoms with Crippen LogP contribution in [0.3, 0.4) is 0 Å². The molecule has 2 aliphatic heterocycles. The minimum atomic E-state index is -0.466. The fraction of sp³-hybridized carbons (Fsp3) is 0.320. The molecule has 1 aromatic heterocycles. The van der Waals surface area contributed by atoms with E-state index in [0.29, 0.717) is 52.1 Å². The van der Waals surface area contributed by atoms with Gasteiger partial charge in [-0.25, -0.2) is 4.79 Å². The summed E-state index contributed by atoms with van der Waals surface area (Å²) in [6, 6.07) is 12.4. The Morgan fingerprint density at radius 3 is 2.80 bits per heavy atom. The number of carbonyl (C=O) groups excluding carboxylic acids is 1. The Kier molecular flexibility index (Phi) is 6.56. The first-order chi connectivity index (χ1) is 17.0. The summed E-state index contributed by atoms with van der Waals surface area (Å²) in [5.41, 5.74) is 1.89. The number of para-hydroxylation sites is 1. The summed E-state index contributed by atoms with van der Waals surface area (Å²) in [6.07, 6.45) is 1.89. The number of carbonyl (C=O) groups is 1. The number of thiocarbonyl (C=S) groups is 1. The Balaban J connectivity index is 1.43. The molecule has 2 N–H and O–H groups in total. The van der Waals surface area contributed by atoms with E-state index >= 15 is 0 Å².